The molecule has 1 fully saturated rings. The van der Waals surface area contributed by atoms with Crippen LogP contribution in [-0.2, 0) is 13.2 Å². The summed E-state index contributed by atoms with van der Waals surface area (Å²) in [5, 5.41) is 13.6. The molecule has 2 aromatic carbocycles. The van der Waals surface area contributed by atoms with Crippen molar-refractivity contribution in [3.63, 3.8) is 0 Å². The molecule has 0 aliphatic carbocycles. The first-order valence-corrected chi connectivity index (χ1v) is 11.4. The molecule has 7 nitrogen and oxygen atoms in total. The summed E-state index contributed by atoms with van der Waals surface area (Å²) in [7, 11) is 0. The highest BCUT2D eigenvalue weighted by molar-refractivity contribution is 5.80. The third kappa shape index (κ3) is 6.16. The molecule has 0 unspecified atom stereocenters. The van der Waals surface area contributed by atoms with Crippen LogP contribution < -0.4 is 15.0 Å². The first-order chi connectivity index (χ1) is 16.2. The van der Waals surface area contributed by atoms with Gasteiger partial charge in [0.1, 0.15) is 18.1 Å². The number of aliphatic imine (C=N–C) groups is 1. The van der Waals surface area contributed by atoms with Gasteiger partial charge >= 0.3 is 0 Å². The summed E-state index contributed by atoms with van der Waals surface area (Å²) in [5.41, 5.74) is 2.93. The summed E-state index contributed by atoms with van der Waals surface area (Å²) in [4.78, 5) is 13.6. The fourth-order valence-electron chi connectivity index (χ4n) is 3.81. The van der Waals surface area contributed by atoms with Gasteiger partial charge in [-0.1, -0.05) is 30.3 Å². The first-order valence-electron chi connectivity index (χ1n) is 11.4. The molecule has 2 N–H and O–H groups in total. The molecule has 0 saturated carbocycles. The Morgan fingerprint density at radius 1 is 1.00 bits per heavy atom. The zero-order valence-corrected chi connectivity index (χ0v) is 19.0. The molecule has 1 aromatic heterocycles. The van der Waals surface area contributed by atoms with Crippen molar-refractivity contribution >= 4 is 11.6 Å². The molecule has 1 saturated heterocycles. The minimum atomic E-state index is 0.332. The number of anilines is 1. The van der Waals surface area contributed by atoms with Gasteiger partial charge in [0.05, 0.1) is 17.9 Å². The number of phenolic OH excluding ortho intramolecular Hbond substituents is 1. The van der Waals surface area contributed by atoms with Crippen LogP contribution in [0.15, 0.2) is 77.9 Å². The third-order valence-corrected chi connectivity index (χ3v) is 5.58. The Labute approximate surface area is 195 Å². The number of ether oxygens (including phenoxy) is 1. The highest BCUT2D eigenvalue weighted by Crippen LogP contribution is 2.27. The molecule has 0 radical (unpaired) electrons. The summed E-state index contributed by atoms with van der Waals surface area (Å²) in [6.07, 6.45) is 1.77. The van der Waals surface area contributed by atoms with Crippen LogP contribution in [0.2, 0.25) is 0 Å². The van der Waals surface area contributed by atoms with E-state index >= 15 is 0 Å². The molecule has 3 aromatic rings. The van der Waals surface area contributed by atoms with E-state index < -0.39 is 0 Å². The average molecular weight is 446 g/mol. The monoisotopic (exact) mass is 445 g/mol. The van der Waals surface area contributed by atoms with E-state index in [1.165, 1.54) is 0 Å². The highest BCUT2D eigenvalue weighted by atomic mass is 16.5. The molecule has 172 valence electrons. The van der Waals surface area contributed by atoms with E-state index in [2.05, 4.69) is 39.2 Å². The fraction of sp³-hybridized carbons (Fsp3) is 0.308. The van der Waals surface area contributed by atoms with Gasteiger partial charge in [-0.25, -0.2) is 4.99 Å². The van der Waals surface area contributed by atoms with E-state index in [1.807, 2.05) is 48.5 Å². The number of hydrogen-bond acceptors (Lipinski definition) is 5. The van der Waals surface area contributed by atoms with Crippen molar-refractivity contribution < 1.29 is 9.84 Å². The summed E-state index contributed by atoms with van der Waals surface area (Å²) < 4.78 is 5.82. The lowest BCUT2D eigenvalue weighted by atomic mass is 10.2. The number of nitrogens with zero attached hydrogens (tertiary/aromatic N) is 4. The van der Waals surface area contributed by atoms with Gasteiger partial charge in [0.25, 0.3) is 0 Å². The van der Waals surface area contributed by atoms with Crippen molar-refractivity contribution in [3.05, 3.63) is 84.2 Å². The van der Waals surface area contributed by atoms with Crippen LogP contribution in [0.5, 0.6) is 11.5 Å². The first kappa shape index (κ1) is 22.5. The van der Waals surface area contributed by atoms with E-state index in [-0.39, 0.29) is 0 Å². The maximum Gasteiger partial charge on any atom is 0.194 e. The number of para-hydroxylation sites is 2. The smallest absolute Gasteiger partial charge is 0.194 e. The Balaban J connectivity index is 1.32. The van der Waals surface area contributed by atoms with Gasteiger partial charge in [-0.2, -0.15) is 0 Å². The van der Waals surface area contributed by atoms with Gasteiger partial charge < -0.3 is 25.0 Å². The summed E-state index contributed by atoms with van der Waals surface area (Å²) in [6, 6.07) is 21.4. The van der Waals surface area contributed by atoms with Crippen molar-refractivity contribution in [1.82, 2.24) is 15.2 Å². The van der Waals surface area contributed by atoms with Gasteiger partial charge in [-0.05, 0) is 48.9 Å². The van der Waals surface area contributed by atoms with Crippen LogP contribution in [0, 0.1) is 0 Å². The van der Waals surface area contributed by atoms with Crippen LogP contribution in [-0.4, -0.2) is 53.7 Å². The number of piperazine rings is 1. The average Bonchev–Trinajstić information content (AvgIpc) is 2.87. The Hall–Kier alpha value is -3.74. The topological polar surface area (TPSA) is 73.2 Å². The Morgan fingerprint density at radius 2 is 1.76 bits per heavy atom. The van der Waals surface area contributed by atoms with Gasteiger partial charge in [-0.15, -0.1) is 0 Å². The number of benzene rings is 2. The summed E-state index contributed by atoms with van der Waals surface area (Å²) in [5.74, 6) is 2.07. The van der Waals surface area contributed by atoms with E-state index in [0.29, 0.717) is 18.9 Å². The van der Waals surface area contributed by atoms with Gasteiger partial charge in [0.2, 0.25) is 0 Å². The van der Waals surface area contributed by atoms with Gasteiger partial charge in [0, 0.05) is 38.9 Å². The number of rotatable bonds is 7. The predicted molar refractivity (Wildman–Crippen MR) is 132 cm³/mol. The lowest BCUT2D eigenvalue weighted by molar-refractivity contribution is 0.301. The van der Waals surface area contributed by atoms with Crippen molar-refractivity contribution in [1.29, 1.82) is 0 Å². The SMILES string of the molecule is CCNC(=NCc1ccc(OCc2ccccn2)cc1)N1CCN(c2ccccc2O)CC1. The molecule has 0 amide bonds. The van der Waals surface area contributed by atoms with Crippen LogP contribution >= 0.6 is 0 Å². The molecule has 2 heterocycles. The zero-order valence-electron chi connectivity index (χ0n) is 19.0. The van der Waals surface area contributed by atoms with Crippen molar-refractivity contribution in [2.24, 2.45) is 4.99 Å². The second kappa shape index (κ2) is 11.2. The van der Waals surface area contributed by atoms with E-state index in [4.69, 9.17) is 9.73 Å². The number of nitrogens with one attached hydrogen (secondary N) is 1. The molecule has 4 rings (SSSR count). The van der Waals surface area contributed by atoms with Crippen LogP contribution in [0.25, 0.3) is 0 Å². The van der Waals surface area contributed by atoms with Crippen molar-refractivity contribution in [2.75, 3.05) is 37.6 Å². The summed E-state index contributed by atoms with van der Waals surface area (Å²) in [6.45, 7) is 7.33. The minimum Gasteiger partial charge on any atom is -0.506 e. The lowest BCUT2D eigenvalue weighted by Gasteiger charge is -2.37. The molecular weight excluding hydrogens is 414 g/mol. The number of aromatic hydroxyl groups is 1. The lowest BCUT2D eigenvalue weighted by Crippen LogP contribution is -2.52. The largest absolute Gasteiger partial charge is 0.506 e. The molecule has 7 heteroatoms. The van der Waals surface area contributed by atoms with E-state index in [0.717, 1.165) is 61.4 Å². The van der Waals surface area contributed by atoms with Gasteiger partial charge in [0.15, 0.2) is 5.96 Å². The van der Waals surface area contributed by atoms with Crippen molar-refractivity contribution in [3.8, 4) is 11.5 Å². The van der Waals surface area contributed by atoms with Gasteiger partial charge in [-0.3, -0.25) is 4.98 Å². The number of hydrogen-bond donors (Lipinski definition) is 2. The fourth-order valence-corrected chi connectivity index (χ4v) is 3.81. The predicted octanol–water partition coefficient (Wildman–Crippen LogP) is 3.65. The van der Waals surface area contributed by atoms with E-state index in [1.54, 1.807) is 12.3 Å². The number of pyridine rings is 1. The number of guanidine groups is 1. The molecular formula is C26H31N5O2. The zero-order chi connectivity index (χ0) is 22.9. The molecule has 0 spiro atoms. The Bertz CT molecular complexity index is 1030. The second-order valence-electron chi connectivity index (χ2n) is 7.89. The molecule has 1 aliphatic rings. The maximum absolute atomic E-state index is 10.1. The quantitative estimate of drug-likeness (QED) is 0.427. The maximum atomic E-state index is 10.1. The van der Waals surface area contributed by atoms with Crippen LogP contribution in [0.4, 0.5) is 5.69 Å². The summed E-state index contributed by atoms with van der Waals surface area (Å²) >= 11 is 0. The molecule has 1 aliphatic heterocycles. The number of aromatic nitrogens is 1. The Kier molecular flexibility index (Phi) is 7.64. The van der Waals surface area contributed by atoms with Crippen LogP contribution in [0.3, 0.4) is 0 Å². The standard InChI is InChI=1S/C26H31N5O2/c1-2-27-26(31-17-15-30(16-18-31)24-8-3-4-9-25(24)32)29-19-21-10-12-23(13-11-21)33-20-22-7-5-6-14-28-22/h3-14,32H,2,15-20H2,1H3,(H,27,29). The second-order valence-corrected chi connectivity index (χ2v) is 7.89. The molecule has 0 bridgehead atoms. The Morgan fingerprint density at radius 3 is 2.45 bits per heavy atom. The third-order valence-electron chi connectivity index (χ3n) is 5.58. The molecule has 0 atom stereocenters. The normalized spacial score (nSPS) is 14.3. The molecule has 33 heavy (non-hydrogen) atoms. The van der Waals surface area contributed by atoms with Crippen LogP contribution in [0.1, 0.15) is 18.2 Å². The van der Waals surface area contributed by atoms with E-state index in [9.17, 15) is 5.11 Å². The highest BCUT2D eigenvalue weighted by Gasteiger charge is 2.21. The minimum absolute atomic E-state index is 0.332. The number of phenols is 1. The van der Waals surface area contributed by atoms with Crippen molar-refractivity contribution in [2.45, 2.75) is 20.1 Å².